The second kappa shape index (κ2) is 8.51. The molecule has 1 saturated heterocycles. The number of ketones is 1. The molecule has 33 heavy (non-hydrogen) atoms. The molecule has 0 aromatic carbocycles. The molecule has 1 aromatic rings. The monoisotopic (exact) mass is 500 g/mol. The van der Waals surface area contributed by atoms with Crippen LogP contribution in [0.5, 0.6) is 0 Å². The number of carbonyl (C=O) groups excluding carboxylic acids is 2. The van der Waals surface area contributed by atoms with Crippen molar-refractivity contribution in [3.8, 4) is 0 Å². The van der Waals surface area contributed by atoms with Crippen LogP contribution in [-0.4, -0.2) is 69.4 Å². The van der Waals surface area contributed by atoms with Gasteiger partial charge in [0.1, 0.15) is 0 Å². The molecule has 3 heterocycles. The molecule has 3 rings (SSSR count). The molecule has 11 nitrogen and oxygen atoms in total. The first kappa shape index (κ1) is 25.4. The van der Waals surface area contributed by atoms with E-state index in [0.717, 1.165) is 16.7 Å². The fraction of sp³-hybridized carbons (Fsp3) is 0.650. The number of carbonyl (C=O) groups is 2. The van der Waals surface area contributed by atoms with E-state index in [0.29, 0.717) is 6.42 Å². The number of ether oxygens (including phenoxy) is 1. The number of aromatic nitrogens is 3. The number of β-lactam (4-membered cyclic amide) rings is 1. The number of hydrogen-bond donors (Lipinski definition) is 1. The van der Waals surface area contributed by atoms with E-state index in [9.17, 15) is 27.6 Å². The first-order valence-corrected chi connectivity index (χ1v) is 13.1. The van der Waals surface area contributed by atoms with Crippen molar-refractivity contribution in [1.82, 2.24) is 19.7 Å². The molecule has 0 saturated carbocycles. The van der Waals surface area contributed by atoms with E-state index < -0.39 is 49.0 Å². The number of sulfone groups is 1. The summed E-state index contributed by atoms with van der Waals surface area (Å²) in [5.74, 6) is -1.37. The zero-order valence-electron chi connectivity index (χ0n) is 19.4. The first-order chi connectivity index (χ1) is 15.2. The van der Waals surface area contributed by atoms with Crippen molar-refractivity contribution in [2.45, 2.75) is 56.7 Å². The number of Topliss-reactive ketones (excluding diaryl/α,β-unsaturated/α-hetero) is 1. The summed E-state index contributed by atoms with van der Waals surface area (Å²) in [6.07, 6.45) is 0.744. The molecule has 1 N–H and O–H groups in total. The minimum atomic E-state index is -3.88. The number of aromatic amines is 1. The molecule has 182 valence electrons. The van der Waals surface area contributed by atoms with Gasteiger partial charge in [0.05, 0.1) is 11.4 Å². The van der Waals surface area contributed by atoms with Gasteiger partial charge >= 0.3 is 11.1 Å². The number of amides is 1. The van der Waals surface area contributed by atoms with E-state index in [1.54, 1.807) is 20.8 Å². The highest BCUT2D eigenvalue weighted by atomic mass is 32.2. The van der Waals surface area contributed by atoms with E-state index in [1.165, 1.54) is 18.8 Å². The molecule has 1 fully saturated rings. The normalized spacial score (nSPS) is 24.5. The highest BCUT2D eigenvalue weighted by Gasteiger charge is 2.69. The molecule has 0 spiro atoms. The lowest BCUT2D eigenvalue weighted by molar-refractivity contribution is -0.185. The Hall–Kier alpha value is -2.25. The van der Waals surface area contributed by atoms with Crippen LogP contribution in [0.15, 0.2) is 26.0 Å². The number of allylic oxidation sites excluding steroid dienone is 1. The van der Waals surface area contributed by atoms with Crippen LogP contribution in [0.1, 0.15) is 40.5 Å². The number of thioether (sulfide) groups is 1. The van der Waals surface area contributed by atoms with Crippen molar-refractivity contribution in [1.29, 1.82) is 0 Å². The molecule has 2 aliphatic rings. The maximum absolute atomic E-state index is 13.4. The third-order valence-corrected chi connectivity index (χ3v) is 8.85. The Morgan fingerprint density at radius 2 is 1.94 bits per heavy atom. The number of fused-ring (bicyclic) bond motifs is 1. The zero-order chi connectivity index (χ0) is 24.9. The van der Waals surface area contributed by atoms with E-state index in [1.807, 2.05) is 6.92 Å². The molecule has 0 aliphatic carbocycles. The topological polar surface area (TPSA) is 148 Å². The number of rotatable bonds is 7. The maximum Gasteiger partial charge on any atom is 0.339 e. The molecular formula is C20H28N4O7S2. The summed E-state index contributed by atoms with van der Waals surface area (Å²) < 4.78 is 33.3. The van der Waals surface area contributed by atoms with E-state index >= 15 is 0 Å². The van der Waals surface area contributed by atoms with E-state index in [2.05, 4.69) is 10.1 Å². The smallest absolute Gasteiger partial charge is 0.339 e. The fourth-order valence-corrected chi connectivity index (χ4v) is 7.51. The molecule has 2 aliphatic heterocycles. The van der Waals surface area contributed by atoms with E-state index in [-0.39, 0.29) is 34.4 Å². The summed E-state index contributed by atoms with van der Waals surface area (Å²) in [4.78, 5) is 54.5. The van der Waals surface area contributed by atoms with Crippen molar-refractivity contribution < 1.29 is 22.7 Å². The van der Waals surface area contributed by atoms with Crippen LogP contribution in [0.4, 0.5) is 0 Å². The SMILES string of the molecule is CCC[C@@]1(OC)C(=O)N2C(C(=O)C(C)(C)C)=C(CSc3nc(=O)c(=O)[nH]n3C)CS(=O)(=O)[C@@H]21. The number of hydrogen-bond acceptors (Lipinski definition) is 9. The Morgan fingerprint density at radius 3 is 2.48 bits per heavy atom. The van der Waals surface area contributed by atoms with Gasteiger partial charge in [-0.3, -0.25) is 33.9 Å². The second-order valence-electron chi connectivity index (χ2n) is 9.20. The summed E-state index contributed by atoms with van der Waals surface area (Å²) >= 11 is 0.991. The molecule has 0 radical (unpaired) electrons. The number of nitrogens with one attached hydrogen (secondary N) is 1. The Kier molecular flexibility index (Phi) is 6.54. The van der Waals surface area contributed by atoms with Crippen molar-refractivity contribution in [3.05, 3.63) is 32.0 Å². The van der Waals surface area contributed by atoms with Gasteiger partial charge in [0, 0.05) is 25.3 Å². The maximum atomic E-state index is 13.4. The number of H-pyrrole nitrogens is 1. The lowest BCUT2D eigenvalue weighted by Gasteiger charge is -2.56. The molecule has 1 amide bonds. The van der Waals surface area contributed by atoms with Crippen molar-refractivity contribution in [2.75, 3.05) is 18.6 Å². The van der Waals surface area contributed by atoms with Crippen LogP contribution in [0.2, 0.25) is 0 Å². The third-order valence-electron chi connectivity index (χ3n) is 5.71. The van der Waals surface area contributed by atoms with Gasteiger partial charge in [-0.1, -0.05) is 45.9 Å². The Labute approximate surface area is 195 Å². The first-order valence-electron chi connectivity index (χ1n) is 10.4. The average Bonchev–Trinajstić information content (AvgIpc) is 2.71. The summed E-state index contributed by atoms with van der Waals surface area (Å²) in [6, 6.07) is 0. The molecule has 0 bridgehead atoms. The minimum Gasteiger partial charge on any atom is -0.365 e. The van der Waals surface area contributed by atoms with Crippen LogP contribution in [-0.2, 0) is 31.2 Å². The molecule has 1 aromatic heterocycles. The van der Waals surface area contributed by atoms with Crippen LogP contribution < -0.4 is 11.1 Å². The Bertz CT molecular complexity index is 1260. The lowest BCUT2D eigenvalue weighted by Crippen LogP contribution is -2.78. The van der Waals surface area contributed by atoms with Crippen molar-refractivity contribution in [2.24, 2.45) is 12.5 Å². The van der Waals surface area contributed by atoms with Crippen LogP contribution in [0.3, 0.4) is 0 Å². The fourth-order valence-electron chi connectivity index (χ4n) is 4.16. The third kappa shape index (κ3) is 4.10. The molecule has 13 heteroatoms. The van der Waals surface area contributed by atoms with Crippen LogP contribution in [0.25, 0.3) is 0 Å². The molecule has 2 atom stereocenters. The lowest BCUT2D eigenvalue weighted by atomic mass is 9.81. The van der Waals surface area contributed by atoms with Crippen molar-refractivity contribution >= 4 is 33.3 Å². The number of methoxy groups -OCH3 is 1. The van der Waals surface area contributed by atoms with Gasteiger partial charge in [0.15, 0.2) is 31.8 Å². The summed E-state index contributed by atoms with van der Waals surface area (Å²) in [5, 5.41) is 1.19. The van der Waals surface area contributed by atoms with Crippen molar-refractivity contribution in [3.63, 3.8) is 0 Å². The highest BCUT2D eigenvalue weighted by molar-refractivity contribution is 7.99. The standard InChI is InChI=1S/C20H28N4O7S2/c1-7-8-20(31-6)16(28)24-12(13(25)19(2,3)4)11(10-33(29,30)17(20)24)9-32-18-21-14(26)15(27)22-23(18)5/h17H,7-10H2,1-6H3,(H,22,27)/t17-,20-/m1/s1. The largest absolute Gasteiger partial charge is 0.365 e. The number of aryl methyl sites for hydroxylation is 1. The summed E-state index contributed by atoms with van der Waals surface area (Å²) in [6.45, 7) is 6.90. The van der Waals surface area contributed by atoms with E-state index in [4.69, 9.17) is 4.74 Å². The average molecular weight is 501 g/mol. The quantitative estimate of drug-likeness (QED) is 0.315. The van der Waals surface area contributed by atoms with Gasteiger partial charge in [-0.05, 0) is 12.0 Å². The van der Waals surface area contributed by atoms with Gasteiger partial charge in [-0.25, -0.2) is 8.42 Å². The summed E-state index contributed by atoms with van der Waals surface area (Å²) in [7, 11) is -1.09. The van der Waals surface area contributed by atoms with Crippen LogP contribution in [0, 0.1) is 5.41 Å². The van der Waals surface area contributed by atoms with Crippen LogP contribution >= 0.6 is 11.8 Å². The Morgan fingerprint density at radius 1 is 1.30 bits per heavy atom. The molecule has 0 unspecified atom stereocenters. The van der Waals surface area contributed by atoms with Gasteiger partial charge < -0.3 is 4.74 Å². The van der Waals surface area contributed by atoms with Gasteiger partial charge in [-0.15, -0.1) is 0 Å². The van der Waals surface area contributed by atoms with Gasteiger partial charge in [-0.2, -0.15) is 4.98 Å². The van der Waals surface area contributed by atoms with Gasteiger partial charge in [0.25, 0.3) is 5.91 Å². The predicted octanol–water partition coefficient (Wildman–Crippen LogP) is 0.212. The van der Waals surface area contributed by atoms with Gasteiger partial charge in [0.2, 0.25) is 0 Å². The second-order valence-corrected chi connectivity index (χ2v) is 12.2. The zero-order valence-corrected chi connectivity index (χ0v) is 21.1. The summed E-state index contributed by atoms with van der Waals surface area (Å²) in [5.41, 5.74) is -3.96. The minimum absolute atomic E-state index is 0.0209. The number of nitrogens with zero attached hydrogens (tertiary/aromatic N) is 3. The molecular weight excluding hydrogens is 472 g/mol. The predicted molar refractivity (Wildman–Crippen MR) is 121 cm³/mol. The highest BCUT2D eigenvalue weighted by Crippen LogP contribution is 2.48. The Balaban J connectivity index is 2.12.